The van der Waals surface area contributed by atoms with Gasteiger partial charge in [0.2, 0.25) is 5.78 Å². The Kier molecular flexibility index (Phi) is 7.23. The van der Waals surface area contributed by atoms with Crippen molar-refractivity contribution >= 4 is 62.8 Å². The number of anilines is 1. The molecule has 1 saturated heterocycles. The molecule has 0 N–H and O–H groups in total. The molecule has 2 heterocycles. The lowest BCUT2D eigenvalue weighted by Gasteiger charge is -2.26. The molecule has 0 bridgehead atoms. The van der Waals surface area contributed by atoms with Crippen LogP contribution < -0.4 is 4.90 Å². The van der Waals surface area contributed by atoms with Crippen LogP contribution in [0.3, 0.4) is 0 Å². The SMILES string of the molecule is CCCCC1OC(=O)/C(=C/c2cc(C)c3c(c2)c2cc(N(C)C(=O)c4ccccc4)c4c(c2n3C)C(=O)c2ccccc2C4=O)C1=O. The van der Waals surface area contributed by atoms with E-state index in [0.717, 1.165) is 29.3 Å². The predicted octanol–water partition coefficient (Wildman–Crippen LogP) is 6.76. The molecule has 7 rings (SSSR count). The third-order valence-corrected chi connectivity index (χ3v) is 9.28. The molecule has 1 aliphatic carbocycles. The van der Waals surface area contributed by atoms with Crippen molar-refractivity contribution in [1.82, 2.24) is 4.57 Å². The predicted molar refractivity (Wildman–Crippen MR) is 180 cm³/mol. The highest BCUT2D eigenvalue weighted by atomic mass is 16.6. The van der Waals surface area contributed by atoms with Gasteiger partial charge in [0.1, 0.15) is 5.57 Å². The number of benzene rings is 4. The van der Waals surface area contributed by atoms with Crippen molar-refractivity contribution in [3.05, 3.63) is 117 Å². The maximum absolute atomic E-state index is 14.3. The van der Waals surface area contributed by atoms with Gasteiger partial charge in [0, 0.05) is 41.6 Å². The largest absolute Gasteiger partial charge is 0.450 e. The van der Waals surface area contributed by atoms with Crippen LogP contribution in [0.4, 0.5) is 5.69 Å². The monoisotopic (exact) mass is 624 g/mol. The maximum Gasteiger partial charge on any atom is 0.342 e. The van der Waals surface area contributed by atoms with E-state index in [4.69, 9.17) is 4.74 Å². The molecule has 1 aliphatic heterocycles. The number of esters is 1. The van der Waals surface area contributed by atoms with Crippen molar-refractivity contribution in [1.29, 1.82) is 0 Å². The fourth-order valence-corrected chi connectivity index (χ4v) is 7.01. The van der Waals surface area contributed by atoms with Crippen molar-refractivity contribution in [3.63, 3.8) is 0 Å². The van der Waals surface area contributed by atoms with Crippen LogP contribution in [0.1, 0.15) is 79.5 Å². The Balaban J connectivity index is 1.48. The first-order valence-corrected chi connectivity index (χ1v) is 15.7. The summed E-state index contributed by atoms with van der Waals surface area (Å²) in [6, 6.07) is 21.1. The number of Topliss-reactive ketones (excluding diaryl/α,β-unsaturated/α-hetero) is 1. The summed E-state index contributed by atoms with van der Waals surface area (Å²) in [7, 11) is 3.45. The molecule has 4 aromatic carbocycles. The minimum atomic E-state index is -0.769. The molecule has 5 aromatic rings. The lowest BCUT2D eigenvalue weighted by atomic mass is 9.81. The van der Waals surface area contributed by atoms with E-state index in [1.165, 1.54) is 4.90 Å². The molecular formula is C39H32N2O6. The normalized spacial score (nSPS) is 16.6. The van der Waals surface area contributed by atoms with Crippen LogP contribution >= 0.6 is 0 Å². The molecule has 1 atom stereocenters. The second-order valence-electron chi connectivity index (χ2n) is 12.2. The van der Waals surface area contributed by atoms with Gasteiger partial charge in [-0.15, -0.1) is 0 Å². The first-order valence-electron chi connectivity index (χ1n) is 15.7. The van der Waals surface area contributed by atoms with Crippen LogP contribution in [-0.4, -0.2) is 46.9 Å². The number of rotatable bonds is 6. The highest BCUT2D eigenvalue weighted by molar-refractivity contribution is 6.36. The van der Waals surface area contributed by atoms with Crippen LogP contribution in [0.5, 0.6) is 0 Å². The van der Waals surface area contributed by atoms with Crippen molar-refractivity contribution in [2.24, 2.45) is 7.05 Å². The van der Waals surface area contributed by atoms with Crippen LogP contribution in [0.2, 0.25) is 0 Å². The lowest BCUT2D eigenvalue weighted by molar-refractivity contribution is -0.141. The summed E-state index contributed by atoms with van der Waals surface area (Å²) in [6.45, 7) is 3.93. The van der Waals surface area contributed by atoms with Crippen LogP contribution in [0.25, 0.3) is 27.9 Å². The Labute approximate surface area is 271 Å². The molecule has 0 saturated carbocycles. The fraction of sp³-hybridized carbons (Fsp3) is 0.205. The smallest absolute Gasteiger partial charge is 0.342 e. The summed E-state index contributed by atoms with van der Waals surface area (Å²) >= 11 is 0. The first kappa shape index (κ1) is 30.0. The molecule has 1 unspecified atom stereocenters. The molecule has 1 amide bonds. The van der Waals surface area contributed by atoms with Gasteiger partial charge >= 0.3 is 5.97 Å². The number of aryl methyl sites for hydroxylation is 2. The number of carbonyl (C=O) groups excluding carboxylic acids is 5. The van der Waals surface area contributed by atoms with E-state index in [1.54, 1.807) is 67.7 Å². The molecule has 2 aliphatic rings. The fourth-order valence-electron chi connectivity index (χ4n) is 7.01. The standard InChI is InChI=1S/C39H32N2O6/c1-5-6-16-30-35(42)28(39(46)47-30)19-22-17-21(2)33-26(18-22)27-20-29(40(3)38(45)23-12-8-7-9-13-23)31-32(34(27)41(33)4)37(44)25-15-11-10-14-24(25)36(31)43/h7-15,17-20,30H,5-6,16H2,1-4H3/b28-19+. The minimum Gasteiger partial charge on any atom is -0.450 e. The number of ether oxygens (including phenoxy) is 1. The second-order valence-corrected chi connectivity index (χ2v) is 12.2. The van der Waals surface area contributed by atoms with Crippen LogP contribution in [-0.2, 0) is 21.4 Å². The third-order valence-electron chi connectivity index (χ3n) is 9.28. The molecule has 8 heteroatoms. The Morgan fingerprint density at radius 3 is 2.19 bits per heavy atom. The number of hydrogen-bond acceptors (Lipinski definition) is 6. The Bertz CT molecular complexity index is 2240. The van der Waals surface area contributed by atoms with E-state index in [-0.39, 0.29) is 40.0 Å². The van der Waals surface area contributed by atoms with E-state index in [1.807, 2.05) is 43.7 Å². The Hall–Kier alpha value is -5.63. The summed E-state index contributed by atoms with van der Waals surface area (Å²) in [4.78, 5) is 69.5. The lowest BCUT2D eigenvalue weighted by Crippen LogP contribution is -2.31. The van der Waals surface area contributed by atoms with Crippen molar-refractivity contribution < 1.29 is 28.7 Å². The molecule has 1 fully saturated rings. The molecule has 1 aromatic heterocycles. The number of ketones is 3. The highest BCUT2D eigenvalue weighted by Gasteiger charge is 2.39. The van der Waals surface area contributed by atoms with Crippen molar-refractivity contribution in [2.45, 2.75) is 39.2 Å². The van der Waals surface area contributed by atoms with Gasteiger partial charge in [-0.05, 0) is 67.3 Å². The molecular weight excluding hydrogens is 592 g/mol. The second kappa shape index (κ2) is 11.3. The summed E-state index contributed by atoms with van der Waals surface area (Å²) in [5.74, 6) is -1.91. The Morgan fingerprint density at radius 2 is 1.51 bits per heavy atom. The third kappa shape index (κ3) is 4.62. The topological polar surface area (TPSA) is 103 Å². The molecule has 0 spiro atoms. The number of nitrogens with zero attached hydrogens (tertiary/aromatic N) is 2. The van der Waals surface area contributed by atoms with Gasteiger partial charge in [0.25, 0.3) is 5.91 Å². The van der Waals surface area contributed by atoms with Crippen LogP contribution in [0, 0.1) is 6.92 Å². The van der Waals surface area contributed by atoms with E-state index in [0.29, 0.717) is 45.3 Å². The van der Waals surface area contributed by atoms with E-state index < -0.39 is 12.1 Å². The van der Waals surface area contributed by atoms with Gasteiger partial charge in [-0.25, -0.2) is 4.79 Å². The molecule has 0 radical (unpaired) electrons. The van der Waals surface area contributed by atoms with Gasteiger partial charge in [0.05, 0.1) is 27.8 Å². The van der Waals surface area contributed by atoms with Gasteiger partial charge in [-0.1, -0.05) is 55.8 Å². The summed E-state index contributed by atoms with van der Waals surface area (Å²) < 4.78 is 7.31. The average molecular weight is 625 g/mol. The summed E-state index contributed by atoms with van der Waals surface area (Å²) in [5, 5.41) is 1.41. The summed E-state index contributed by atoms with van der Waals surface area (Å²) in [6.07, 6.45) is 2.94. The average Bonchev–Trinajstić information content (AvgIpc) is 3.52. The number of carbonyl (C=O) groups is 5. The Morgan fingerprint density at radius 1 is 0.872 bits per heavy atom. The highest BCUT2D eigenvalue weighted by Crippen LogP contribution is 2.43. The summed E-state index contributed by atoms with van der Waals surface area (Å²) in [5.41, 5.74) is 4.63. The maximum atomic E-state index is 14.3. The van der Waals surface area contributed by atoms with Gasteiger partial charge in [0.15, 0.2) is 17.7 Å². The number of cyclic esters (lactones) is 1. The number of hydrogen-bond donors (Lipinski definition) is 0. The number of unbranched alkanes of at least 4 members (excludes halogenated alkanes) is 1. The zero-order valence-corrected chi connectivity index (χ0v) is 26.5. The van der Waals surface area contributed by atoms with E-state index in [2.05, 4.69) is 0 Å². The van der Waals surface area contributed by atoms with Crippen molar-refractivity contribution in [2.75, 3.05) is 11.9 Å². The molecule has 47 heavy (non-hydrogen) atoms. The minimum absolute atomic E-state index is 0.00808. The quantitative estimate of drug-likeness (QED) is 0.115. The molecule has 234 valence electrons. The van der Waals surface area contributed by atoms with E-state index in [9.17, 15) is 24.0 Å². The zero-order valence-electron chi connectivity index (χ0n) is 26.5. The van der Waals surface area contributed by atoms with Gasteiger partial charge < -0.3 is 14.2 Å². The number of amides is 1. The van der Waals surface area contributed by atoms with Crippen molar-refractivity contribution in [3.8, 4) is 0 Å². The van der Waals surface area contributed by atoms with Gasteiger partial charge in [-0.3, -0.25) is 19.2 Å². The zero-order chi connectivity index (χ0) is 33.1. The number of aromatic nitrogens is 1. The molecule has 8 nitrogen and oxygen atoms in total. The van der Waals surface area contributed by atoms with Gasteiger partial charge in [-0.2, -0.15) is 0 Å². The van der Waals surface area contributed by atoms with E-state index >= 15 is 0 Å². The van der Waals surface area contributed by atoms with Crippen LogP contribution in [0.15, 0.2) is 78.4 Å². The first-order chi connectivity index (χ1) is 22.6. The number of fused-ring (bicyclic) bond motifs is 6.